The van der Waals surface area contributed by atoms with E-state index in [1.54, 1.807) is 0 Å². The van der Waals surface area contributed by atoms with Crippen molar-refractivity contribution < 1.29 is 37.9 Å². The highest BCUT2D eigenvalue weighted by Gasteiger charge is 2.22. The van der Waals surface area contributed by atoms with Gasteiger partial charge in [-0.3, -0.25) is 14.1 Å². The average molecular weight is 731 g/mol. The van der Waals surface area contributed by atoms with Gasteiger partial charge in [-0.25, -0.2) is 4.57 Å². The smallest absolute Gasteiger partial charge is 0.462 e. The average Bonchev–Trinajstić information content (AvgIpc) is 3.08. The largest absolute Gasteiger partial charge is 0.469 e. The molecule has 0 aromatic carbocycles. The summed E-state index contributed by atoms with van der Waals surface area (Å²) in [5.74, 6) is -0.883. The van der Waals surface area contributed by atoms with Gasteiger partial charge >= 0.3 is 19.8 Å². The molecule has 0 aromatic heterocycles. The molecule has 0 aliphatic heterocycles. The molecule has 0 heterocycles. The summed E-state index contributed by atoms with van der Waals surface area (Å²) in [5.41, 5.74) is 0. The quantitative estimate of drug-likeness (QED) is 0.0278. The Morgan fingerprint density at radius 3 is 1.22 bits per heavy atom. The second-order valence-electron chi connectivity index (χ2n) is 14.3. The minimum absolute atomic E-state index is 0.216. The van der Waals surface area contributed by atoms with Crippen LogP contribution in [0.25, 0.3) is 0 Å². The van der Waals surface area contributed by atoms with Crippen LogP contribution < -0.4 is 0 Å². The Balaban J connectivity index is 3.88. The van der Waals surface area contributed by atoms with Gasteiger partial charge in [0, 0.05) is 12.8 Å². The van der Waals surface area contributed by atoms with Gasteiger partial charge < -0.3 is 19.3 Å². The van der Waals surface area contributed by atoms with Gasteiger partial charge in [0.15, 0.2) is 6.10 Å². The van der Waals surface area contributed by atoms with Crippen molar-refractivity contribution in [1.29, 1.82) is 0 Å². The van der Waals surface area contributed by atoms with Gasteiger partial charge in [-0.05, 0) is 38.5 Å². The number of hydrogen-bond acceptors (Lipinski definition) is 6. The SMILES string of the molecule is CCCCCCC/C=C\CCCCCCCC(=O)OC[C@H](COP(=O)(O)O)OC(=O)CCCCCCCCCCCCCCCCCCCC. The molecular formula is C41H79O8P. The lowest BCUT2D eigenvalue weighted by atomic mass is 10.0. The molecule has 0 radical (unpaired) electrons. The minimum Gasteiger partial charge on any atom is -0.462 e. The maximum atomic E-state index is 12.4. The van der Waals surface area contributed by atoms with Crippen molar-refractivity contribution in [2.24, 2.45) is 0 Å². The van der Waals surface area contributed by atoms with Gasteiger partial charge in [0.05, 0.1) is 6.61 Å². The molecule has 0 aliphatic rings. The number of phosphoric acid groups is 1. The number of carbonyl (C=O) groups excluding carboxylic acids is 2. The van der Waals surface area contributed by atoms with Gasteiger partial charge in [-0.1, -0.05) is 180 Å². The zero-order valence-corrected chi connectivity index (χ0v) is 33.5. The van der Waals surface area contributed by atoms with Gasteiger partial charge in [-0.2, -0.15) is 0 Å². The van der Waals surface area contributed by atoms with E-state index in [-0.39, 0.29) is 19.4 Å². The van der Waals surface area contributed by atoms with Gasteiger partial charge in [0.1, 0.15) is 6.61 Å². The Hall–Kier alpha value is -1.21. The molecule has 8 nitrogen and oxygen atoms in total. The zero-order chi connectivity index (χ0) is 36.8. The van der Waals surface area contributed by atoms with Crippen LogP contribution in [0.3, 0.4) is 0 Å². The van der Waals surface area contributed by atoms with Crippen LogP contribution in [-0.2, 0) is 28.2 Å². The van der Waals surface area contributed by atoms with Crippen molar-refractivity contribution in [3.05, 3.63) is 12.2 Å². The molecule has 0 saturated heterocycles. The standard InChI is InChI=1S/C41H79O8P/c1-3-5-7-9-11-13-15-17-19-20-21-22-24-26-28-30-32-34-36-41(43)49-39(38-48-50(44,45)46)37-47-40(42)35-33-31-29-27-25-23-18-16-14-12-10-8-6-4-2/h16,18,39H,3-15,17,19-38H2,1-2H3,(H2,44,45,46)/b18-16-/t39-/m1/s1. The number of hydrogen-bond donors (Lipinski definition) is 2. The fourth-order valence-corrected chi connectivity index (χ4v) is 6.49. The summed E-state index contributed by atoms with van der Waals surface area (Å²) in [6.07, 6.45) is 40.7. The van der Waals surface area contributed by atoms with Crippen molar-refractivity contribution in [2.45, 2.75) is 225 Å². The van der Waals surface area contributed by atoms with E-state index in [9.17, 15) is 14.2 Å². The fourth-order valence-electron chi connectivity index (χ4n) is 6.13. The Morgan fingerprint density at radius 2 is 0.840 bits per heavy atom. The Bertz CT molecular complexity index is 827. The lowest BCUT2D eigenvalue weighted by Crippen LogP contribution is -2.29. The highest BCUT2D eigenvalue weighted by atomic mass is 31.2. The summed E-state index contributed by atoms with van der Waals surface area (Å²) in [7, 11) is -4.75. The van der Waals surface area contributed by atoms with Crippen molar-refractivity contribution in [1.82, 2.24) is 0 Å². The lowest BCUT2D eigenvalue weighted by molar-refractivity contribution is -0.161. The third-order valence-corrected chi connectivity index (χ3v) is 9.77. The van der Waals surface area contributed by atoms with E-state index < -0.39 is 32.5 Å². The summed E-state index contributed by atoms with van der Waals surface area (Å²) in [5, 5.41) is 0. The van der Waals surface area contributed by atoms with Crippen molar-refractivity contribution in [3.63, 3.8) is 0 Å². The molecule has 9 heteroatoms. The van der Waals surface area contributed by atoms with Crippen LogP contribution in [0.15, 0.2) is 12.2 Å². The third kappa shape index (κ3) is 39.6. The predicted molar refractivity (Wildman–Crippen MR) is 207 cm³/mol. The number of allylic oxidation sites excluding steroid dienone is 2. The third-order valence-electron chi connectivity index (χ3n) is 9.28. The maximum absolute atomic E-state index is 12.4. The predicted octanol–water partition coefficient (Wildman–Crippen LogP) is 12.6. The topological polar surface area (TPSA) is 119 Å². The first-order chi connectivity index (χ1) is 24.3. The van der Waals surface area contributed by atoms with E-state index in [2.05, 4.69) is 30.5 Å². The zero-order valence-electron chi connectivity index (χ0n) is 32.6. The second kappa shape index (κ2) is 37.5. The first-order valence-electron chi connectivity index (χ1n) is 21.0. The highest BCUT2D eigenvalue weighted by molar-refractivity contribution is 7.46. The van der Waals surface area contributed by atoms with Crippen LogP contribution in [0.5, 0.6) is 0 Å². The summed E-state index contributed by atoms with van der Waals surface area (Å²) in [4.78, 5) is 42.8. The van der Waals surface area contributed by atoms with Crippen LogP contribution in [0.2, 0.25) is 0 Å². The van der Waals surface area contributed by atoms with Crippen molar-refractivity contribution >= 4 is 19.8 Å². The molecule has 0 amide bonds. The van der Waals surface area contributed by atoms with E-state index >= 15 is 0 Å². The van der Waals surface area contributed by atoms with E-state index in [4.69, 9.17) is 19.3 Å². The van der Waals surface area contributed by atoms with E-state index in [0.29, 0.717) is 6.42 Å². The number of phosphoric ester groups is 1. The normalized spacial score (nSPS) is 12.5. The molecule has 0 spiro atoms. The fraction of sp³-hybridized carbons (Fsp3) is 0.902. The highest BCUT2D eigenvalue weighted by Crippen LogP contribution is 2.36. The van der Waals surface area contributed by atoms with Crippen LogP contribution in [0.4, 0.5) is 0 Å². The minimum atomic E-state index is -4.75. The lowest BCUT2D eigenvalue weighted by Gasteiger charge is -2.18. The van der Waals surface area contributed by atoms with Crippen molar-refractivity contribution in [3.8, 4) is 0 Å². The molecule has 50 heavy (non-hydrogen) atoms. The summed E-state index contributed by atoms with van der Waals surface area (Å²) >= 11 is 0. The summed E-state index contributed by atoms with van der Waals surface area (Å²) in [6, 6.07) is 0. The molecule has 296 valence electrons. The molecule has 0 saturated carbocycles. The molecule has 0 aromatic rings. The number of carbonyl (C=O) groups is 2. The van der Waals surface area contributed by atoms with Gasteiger partial charge in [0.2, 0.25) is 0 Å². The van der Waals surface area contributed by atoms with E-state index in [1.807, 2.05) is 0 Å². The Morgan fingerprint density at radius 1 is 0.500 bits per heavy atom. The van der Waals surface area contributed by atoms with E-state index in [1.165, 1.54) is 135 Å². The summed E-state index contributed by atoms with van der Waals surface area (Å²) in [6.45, 7) is 3.69. The molecule has 0 aliphatic carbocycles. The van der Waals surface area contributed by atoms with Gasteiger partial charge in [-0.15, -0.1) is 0 Å². The van der Waals surface area contributed by atoms with Crippen molar-refractivity contribution in [2.75, 3.05) is 13.2 Å². The number of unbranched alkanes of at least 4 members (excludes halogenated alkanes) is 27. The van der Waals surface area contributed by atoms with Crippen LogP contribution in [0.1, 0.15) is 219 Å². The van der Waals surface area contributed by atoms with Crippen LogP contribution in [-0.4, -0.2) is 41.0 Å². The monoisotopic (exact) mass is 731 g/mol. The molecule has 1 atom stereocenters. The van der Waals surface area contributed by atoms with Crippen LogP contribution >= 0.6 is 7.82 Å². The molecule has 0 rings (SSSR count). The second-order valence-corrected chi connectivity index (χ2v) is 15.6. The van der Waals surface area contributed by atoms with E-state index in [0.717, 1.165) is 51.4 Å². The Labute approximate surface area is 307 Å². The molecular weight excluding hydrogens is 651 g/mol. The number of rotatable bonds is 39. The first-order valence-corrected chi connectivity index (χ1v) is 22.5. The number of ether oxygens (including phenoxy) is 2. The first kappa shape index (κ1) is 48.8. The Kier molecular flexibility index (Phi) is 36.6. The maximum Gasteiger partial charge on any atom is 0.469 e. The summed E-state index contributed by atoms with van der Waals surface area (Å²) < 4.78 is 26.4. The van der Waals surface area contributed by atoms with Crippen LogP contribution in [0, 0.1) is 0 Å². The molecule has 0 unspecified atom stereocenters. The molecule has 0 fully saturated rings. The number of esters is 2. The molecule has 0 bridgehead atoms. The van der Waals surface area contributed by atoms with Gasteiger partial charge in [0.25, 0.3) is 0 Å². The molecule has 2 N–H and O–H groups in total.